The fraction of sp³-hybridized carbons (Fsp3) is 0.462. The van der Waals surface area contributed by atoms with E-state index in [2.05, 4.69) is 5.32 Å². The minimum absolute atomic E-state index is 0.0236. The third-order valence-electron chi connectivity index (χ3n) is 2.91. The van der Waals surface area contributed by atoms with Crippen molar-refractivity contribution in [2.75, 3.05) is 19.9 Å². The maximum absolute atomic E-state index is 11.2. The minimum Gasteiger partial charge on any atom is -0.491 e. The third kappa shape index (κ3) is 2.90. The summed E-state index contributed by atoms with van der Waals surface area (Å²) in [5.74, 6) is 0.878. The lowest BCUT2D eigenvalue weighted by Gasteiger charge is -2.25. The van der Waals surface area contributed by atoms with Crippen LogP contribution >= 0.6 is 0 Å². The first-order chi connectivity index (χ1) is 9.05. The number of carboxylic acids is 1. The van der Waals surface area contributed by atoms with Gasteiger partial charge in [-0.25, -0.2) is 0 Å². The summed E-state index contributed by atoms with van der Waals surface area (Å²) < 4.78 is 16.0. The van der Waals surface area contributed by atoms with Gasteiger partial charge in [-0.1, -0.05) is 6.92 Å². The number of hydrogen-bond acceptors (Lipinski definition) is 5. The summed E-state index contributed by atoms with van der Waals surface area (Å²) in [6.07, 6.45) is 0. The van der Waals surface area contributed by atoms with Gasteiger partial charge in [0.15, 0.2) is 11.5 Å². The Balaban J connectivity index is 2.03. The molecule has 6 heteroatoms. The van der Waals surface area contributed by atoms with Crippen LogP contribution in [-0.4, -0.2) is 36.6 Å². The molecule has 1 aliphatic rings. The normalized spacial score (nSPS) is 15.9. The van der Waals surface area contributed by atoms with E-state index in [1.165, 1.54) is 0 Å². The number of aliphatic carboxylic acids is 1. The van der Waals surface area contributed by atoms with Crippen molar-refractivity contribution in [2.45, 2.75) is 19.4 Å². The largest absolute Gasteiger partial charge is 0.491 e. The van der Waals surface area contributed by atoms with Gasteiger partial charge in [-0.3, -0.25) is 10.1 Å². The van der Waals surface area contributed by atoms with E-state index in [4.69, 9.17) is 14.2 Å². The summed E-state index contributed by atoms with van der Waals surface area (Å²) in [5, 5.41) is 12.1. The SMILES string of the molecule is CCNC(C)(COc1ccc2c(c1)OCO2)C(=O)O. The first kappa shape index (κ1) is 13.5. The fourth-order valence-electron chi connectivity index (χ4n) is 1.77. The van der Waals surface area contributed by atoms with Crippen LogP contribution in [-0.2, 0) is 4.79 Å². The molecule has 19 heavy (non-hydrogen) atoms. The predicted octanol–water partition coefficient (Wildman–Crippen LogP) is 1.25. The number of hydrogen-bond donors (Lipinski definition) is 2. The summed E-state index contributed by atoms with van der Waals surface area (Å²) in [6, 6.07) is 5.15. The van der Waals surface area contributed by atoms with Gasteiger partial charge in [0.25, 0.3) is 0 Å². The minimum atomic E-state index is -1.12. The average molecular weight is 267 g/mol. The number of fused-ring (bicyclic) bond motifs is 1. The molecule has 0 spiro atoms. The Hall–Kier alpha value is -1.95. The topological polar surface area (TPSA) is 77.0 Å². The van der Waals surface area contributed by atoms with E-state index < -0.39 is 11.5 Å². The molecule has 1 unspecified atom stereocenters. The molecule has 1 aromatic rings. The number of benzene rings is 1. The lowest BCUT2D eigenvalue weighted by molar-refractivity contribution is -0.145. The lowest BCUT2D eigenvalue weighted by atomic mass is 10.0. The molecule has 0 radical (unpaired) electrons. The molecule has 0 aromatic heterocycles. The van der Waals surface area contributed by atoms with Crippen LogP contribution in [0.4, 0.5) is 0 Å². The molecule has 1 atom stereocenters. The standard InChI is InChI=1S/C13H17NO5/c1-3-14-13(2,12(15)16)7-17-9-4-5-10-11(6-9)19-8-18-10/h4-6,14H,3,7-8H2,1-2H3,(H,15,16). The van der Waals surface area contributed by atoms with Crippen LogP contribution in [0.3, 0.4) is 0 Å². The second-order valence-corrected chi connectivity index (χ2v) is 4.47. The first-order valence-electron chi connectivity index (χ1n) is 6.06. The molecule has 0 saturated heterocycles. The maximum Gasteiger partial charge on any atom is 0.327 e. The molecular weight excluding hydrogens is 250 g/mol. The quantitative estimate of drug-likeness (QED) is 0.807. The van der Waals surface area contributed by atoms with E-state index in [9.17, 15) is 9.90 Å². The van der Waals surface area contributed by atoms with E-state index in [0.717, 1.165) is 0 Å². The monoisotopic (exact) mass is 267 g/mol. The van der Waals surface area contributed by atoms with Crippen molar-refractivity contribution in [2.24, 2.45) is 0 Å². The Morgan fingerprint density at radius 1 is 1.47 bits per heavy atom. The molecule has 2 rings (SSSR count). The second-order valence-electron chi connectivity index (χ2n) is 4.47. The summed E-state index contributed by atoms with van der Waals surface area (Å²) in [5.41, 5.74) is -1.12. The van der Waals surface area contributed by atoms with E-state index in [0.29, 0.717) is 23.8 Å². The zero-order chi connectivity index (χ0) is 13.9. The van der Waals surface area contributed by atoms with Gasteiger partial charge in [-0.15, -0.1) is 0 Å². The smallest absolute Gasteiger partial charge is 0.327 e. The number of likely N-dealkylation sites (N-methyl/N-ethyl adjacent to an activating group) is 1. The number of carboxylic acid groups (broad SMARTS) is 1. The Bertz CT molecular complexity index is 476. The average Bonchev–Trinajstić information content (AvgIpc) is 2.84. The molecule has 0 bridgehead atoms. The molecule has 0 fully saturated rings. The molecule has 0 aliphatic carbocycles. The van der Waals surface area contributed by atoms with Crippen molar-refractivity contribution in [1.29, 1.82) is 0 Å². The van der Waals surface area contributed by atoms with Crippen LogP contribution < -0.4 is 19.5 Å². The van der Waals surface area contributed by atoms with Gasteiger partial charge in [0.1, 0.15) is 17.9 Å². The van der Waals surface area contributed by atoms with E-state index in [1.54, 1.807) is 25.1 Å². The summed E-state index contributed by atoms with van der Waals surface area (Å²) >= 11 is 0. The molecular formula is C13H17NO5. The third-order valence-corrected chi connectivity index (χ3v) is 2.91. The lowest BCUT2D eigenvalue weighted by Crippen LogP contribution is -2.53. The van der Waals surface area contributed by atoms with Crippen LogP contribution in [0, 0.1) is 0 Å². The molecule has 104 valence electrons. The molecule has 1 heterocycles. The first-order valence-corrected chi connectivity index (χ1v) is 6.06. The summed E-state index contributed by atoms with van der Waals surface area (Å²) in [7, 11) is 0. The molecule has 0 saturated carbocycles. The van der Waals surface area contributed by atoms with Gasteiger partial charge in [0, 0.05) is 6.07 Å². The van der Waals surface area contributed by atoms with Crippen LogP contribution in [0.2, 0.25) is 0 Å². The Morgan fingerprint density at radius 3 is 2.89 bits per heavy atom. The van der Waals surface area contributed by atoms with Gasteiger partial charge in [0.05, 0.1) is 0 Å². The number of carbonyl (C=O) groups is 1. The Kier molecular flexibility index (Phi) is 3.80. The van der Waals surface area contributed by atoms with Crippen molar-refractivity contribution < 1.29 is 24.1 Å². The summed E-state index contributed by atoms with van der Waals surface area (Å²) in [4.78, 5) is 11.2. The van der Waals surface area contributed by atoms with E-state index >= 15 is 0 Å². The fourth-order valence-corrected chi connectivity index (χ4v) is 1.77. The number of rotatable bonds is 6. The maximum atomic E-state index is 11.2. The zero-order valence-electron chi connectivity index (χ0n) is 10.9. The van der Waals surface area contributed by atoms with Gasteiger partial charge in [-0.05, 0) is 25.6 Å². The molecule has 6 nitrogen and oxygen atoms in total. The highest BCUT2D eigenvalue weighted by atomic mass is 16.7. The van der Waals surface area contributed by atoms with Crippen molar-refractivity contribution in [3.8, 4) is 17.2 Å². The molecule has 2 N–H and O–H groups in total. The van der Waals surface area contributed by atoms with Crippen LogP contribution in [0.15, 0.2) is 18.2 Å². The van der Waals surface area contributed by atoms with Crippen LogP contribution in [0.5, 0.6) is 17.2 Å². The highest BCUT2D eigenvalue weighted by Gasteiger charge is 2.33. The molecule has 1 aliphatic heterocycles. The second kappa shape index (κ2) is 5.36. The molecule has 1 aromatic carbocycles. The Labute approximate surface area is 111 Å². The van der Waals surface area contributed by atoms with Crippen molar-refractivity contribution >= 4 is 5.97 Å². The van der Waals surface area contributed by atoms with Crippen molar-refractivity contribution in [3.63, 3.8) is 0 Å². The van der Waals surface area contributed by atoms with Gasteiger partial charge >= 0.3 is 5.97 Å². The van der Waals surface area contributed by atoms with Crippen LogP contribution in [0.1, 0.15) is 13.8 Å². The highest BCUT2D eigenvalue weighted by Crippen LogP contribution is 2.35. The predicted molar refractivity (Wildman–Crippen MR) is 67.8 cm³/mol. The van der Waals surface area contributed by atoms with Crippen molar-refractivity contribution in [3.05, 3.63) is 18.2 Å². The highest BCUT2D eigenvalue weighted by molar-refractivity contribution is 5.78. The summed E-state index contributed by atoms with van der Waals surface area (Å²) in [6.45, 7) is 4.21. The van der Waals surface area contributed by atoms with Gasteiger partial charge in [-0.2, -0.15) is 0 Å². The Morgan fingerprint density at radius 2 is 2.21 bits per heavy atom. The molecule has 0 amide bonds. The van der Waals surface area contributed by atoms with Gasteiger partial charge < -0.3 is 19.3 Å². The van der Waals surface area contributed by atoms with E-state index in [-0.39, 0.29) is 13.4 Å². The zero-order valence-corrected chi connectivity index (χ0v) is 10.9. The van der Waals surface area contributed by atoms with Crippen molar-refractivity contribution in [1.82, 2.24) is 5.32 Å². The van der Waals surface area contributed by atoms with Gasteiger partial charge in [0.2, 0.25) is 6.79 Å². The number of ether oxygens (including phenoxy) is 3. The van der Waals surface area contributed by atoms with Crippen LogP contribution in [0.25, 0.3) is 0 Å². The number of nitrogens with one attached hydrogen (secondary N) is 1. The van der Waals surface area contributed by atoms with E-state index in [1.807, 2.05) is 6.92 Å².